The number of pyridine rings is 1. The third-order valence-electron chi connectivity index (χ3n) is 6.27. The Morgan fingerprint density at radius 1 is 0.957 bits per heavy atom. The molecule has 0 aliphatic rings. The fourth-order valence-corrected chi connectivity index (χ4v) is 4.54. The zero-order valence-corrected chi connectivity index (χ0v) is 23.9. The van der Waals surface area contributed by atoms with Crippen molar-refractivity contribution in [3.63, 3.8) is 0 Å². The van der Waals surface area contributed by atoms with Crippen molar-refractivity contribution in [1.82, 2.24) is 15.3 Å². The van der Waals surface area contributed by atoms with Crippen molar-refractivity contribution in [1.29, 1.82) is 0 Å². The monoisotopic (exact) mass is 676 g/mol. The molecular weight excluding hydrogens is 649 g/mol. The molecule has 0 unspecified atom stereocenters. The summed E-state index contributed by atoms with van der Waals surface area (Å²) in [6.07, 6.45) is -8.33. The van der Waals surface area contributed by atoms with Crippen molar-refractivity contribution < 1.29 is 55.3 Å². The molecule has 0 spiro atoms. The lowest BCUT2D eigenvalue weighted by atomic mass is 9.98. The molecule has 0 bridgehead atoms. The van der Waals surface area contributed by atoms with Crippen molar-refractivity contribution in [3.8, 4) is 11.1 Å². The smallest absolute Gasteiger partial charge is 0.480 e. The molecule has 46 heavy (non-hydrogen) atoms. The summed E-state index contributed by atoms with van der Waals surface area (Å²) in [4.78, 5) is 40.7. The van der Waals surface area contributed by atoms with Gasteiger partial charge in [0.15, 0.2) is 10.8 Å². The second-order valence-corrected chi connectivity index (χ2v) is 10.5. The number of thiazole rings is 1. The Morgan fingerprint density at radius 2 is 1.54 bits per heavy atom. The van der Waals surface area contributed by atoms with Gasteiger partial charge in [-0.25, -0.2) is 19.0 Å². The van der Waals surface area contributed by atoms with E-state index in [-0.39, 0.29) is 40.1 Å². The van der Waals surface area contributed by atoms with Crippen molar-refractivity contribution in [2.75, 3.05) is 5.32 Å². The first-order valence-corrected chi connectivity index (χ1v) is 13.6. The fraction of sp³-hybridized carbons (Fsp3) is 0.276. The highest BCUT2D eigenvalue weighted by atomic mass is 32.1. The number of carbonyl (C=O) groups excluding carboxylic acids is 1. The quantitative estimate of drug-likeness (QED) is 0.139. The molecule has 0 fully saturated rings. The number of hydrogen-bond acceptors (Lipinski definition) is 7. The molecule has 17 heteroatoms. The van der Waals surface area contributed by atoms with E-state index in [1.54, 1.807) is 25.1 Å². The van der Waals surface area contributed by atoms with Crippen LogP contribution in [-0.4, -0.2) is 50.2 Å². The van der Waals surface area contributed by atoms with Gasteiger partial charge in [0.2, 0.25) is 0 Å². The Labute approximate surface area is 261 Å². The molecular formula is C29H27F7N4O5S. The van der Waals surface area contributed by atoms with Crippen LogP contribution in [0.3, 0.4) is 0 Å². The lowest BCUT2D eigenvalue weighted by Crippen LogP contribution is -2.45. The number of anilines is 2. The van der Waals surface area contributed by atoms with Gasteiger partial charge >= 0.3 is 24.3 Å². The maximum Gasteiger partial charge on any atom is 0.490 e. The number of benzene rings is 2. The lowest BCUT2D eigenvalue weighted by Gasteiger charge is -2.20. The summed E-state index contributed by atoms with van der Waals surface area (Å²) in [7, 11) is 0. The normalized spacial score (nSPS) is 12.6. The summed E-state index contributed by atoms with van der Waals surface area (Å²) in [6.45, 7) is 3.58. The van der Waals surface area contributed by atoms with Crippen molar-refractivity contribution >= 4 is 50.3 Å². The van der Waals surface area contributed by atoms with E-state index in [9.17, 15) is 45.4 Å². The van der Waals surface area contributed by atoms with Crippen LogP contribution in [0.4, 0.5) is 41.6 Å². The van der Waals surface area contributed by atoms with Crippen LogP contribution in [-0.2, 0) is 15.8 Å². The number of nitrogens with zero attached hydrogens (tertiary/aromatic N) is 2. The predicted octanol–water partition coefficient (Wildman–Crippen LogP) is 7.76. The van der Waals surface area contributed by atoms with Crippen molar-refractivity contribution in [2.45, 2.75) is 46.1 Å². The minimum atomic E-state index is -5.08. The molecule has 2 atom stereocenters. The number of fused-ring (bicyclic) bond motifs is 1. The number of amides is 1. The summed E-state index contributed by atoms with van der Waals surface area (Å²) < 4.78 is 85.6. The average Bonchev–Trinajstić information content (AvgIpc) is 3.37. The standard InChI is InChI=1S/C26H22F4N4O3S.C2HF3O2.CH4/c1-3-13(2)21(24(36)37)33-23(35)15-6-4-14(5-7-15)16-8-9-19(18(27)10-16)32-25-34-22-20(38-25)11-17(12-31-22)26(28,29)30;3-2(4,5)1(6)7;/h4-13,21H,3H2,1-2H3,(H,33,35)(H,36,37)(H,31,32,34);(H,6,7);1H4/t13-,21-;;/m0../s1. The predicted molar refractivity (Wildman–Crippen MR) is 156 cm³/mol. The van der Waals surface area contributed by atoms with E-state index in [1.165, 1.54) is 24.3 Å². The van der Waals surface area contributed by atoms with Crippen LogP contribution >= 0.6 is 11.3 Å². The van der Waals surface area contributed by atoms with Crippen LogP contribution in [0.25, 0.3) is 21.5 Å². The first-order valence-electron chi connectivity index (χ1n) is 12.7. The van der Waals surface area contributed by atoms with E-state index in [1.807, 2.05) is 6.92 Å². The Hall–Kier alpha value is -4.80. The average molecular weight is 677 g/mol. The summed E-state index contributed by atoms with van der Waals surface area (Å²) >= 11 is 0.919. The number of aromatic nitrogens is 2. The molecule has 2 aromatic carbocycles. The van der Waals surface area contributed by atoms with Gasteiger partial charge in [0.05, 0.1) is 16.0 Å². The van der Waals surface area contributed by atoms with Gasteiger partial charge < -0.3 is 20.8 Å². The summed E-state index contributed by atoms with van der Waals surface area (Å²) in [5.41, 5.74) is 0.697. The first kappa shape index (κ1) is 37.4. The lowest BCUT2D eigenvalue weighted by molar-refractivity contribution is -0.192. The Balaban J connectivity index is 0.000000827. The van der Waals surface area contributed by atoms with Gasteiger partial charge in [-0.05, 0) is 47.4 Å². The number of carboxylic acids is 2. The summed E-state index contributed by atoms with van der Waals surface area (Å²) in [5, 5.41) is 22.0. The molecule has 248 valence electrons. The van der Waals surface area contributed by atoms with E-state index >= 15 is 0 Å². The molecule has 2 aromatic heterocycles. The van der Waals surface area contributed by atoms with Crippen molar-refractivity contribution in [2.24, 2.45) is 5.92 Å². The molecule has 1 amide bonds. The zero-order valence-electron chi connectivity index (χ0n) is 23.1. The third-order valence-corrected chi connectivity index (χ3v) is 7.18. The Morgan fingerprint density at radius 3 is 2.04 bits per heavy atom. The topological polar surface area (TPSA) is 142 Å². The number of nitrogens with one attached hydrogen (secondary N) is 2. The summed E-state index contributed by atoms with van der Waals surface area (Å²) in [5.74, 6) is -5.26. The number of carboxylic acid groups (broad SMARTS) is 2. The highest BCUT2D eigenvalue weighted by molar-refractivity contribution is 7.22. The maximum atomic E-state index is 14.9. The second-order valence-electron chi connectivity index (χ2n) is 9.44. The largest absolute Gasteiger partial charge is 0.490 e. The molecule has 0 aliphatic heterocycles. The van der Waals surface area contributed by atoms with Crippen LogP contribution in [0.1, 0.15) is 43.6 Å². The van der Waals surface area contributed by atoms with E-state index in [0.717, 1.165) is 17.4 Å². The van der Waals surface area contributed by atoms with Crippen molar-refractivity contribution in [3.05, 3.63) is 71.7 Å². The molecule has 0 aliphatic carbocycles. The summed E-state index contributed by atoms with van der Waals surface area (Å²) in [6, 6.07) is 10.6. The van der Waals surface area contributed by atoms with Gasteiger partial charge in [-0.15, -0.1) is 0 Å². The molecule has 4 rings (SSSR count). The van der Waals surface area contributed by atoms with Crippen LogP contribution in [0.15, 0.2) is 54.7 Å². The molecule has 4 N–H and O–H groups in total. The van der Waals surface area contributed by atoms with Crippen LogP contribution in [0, 0.1) is 11.7 Å². The zero-order chi connectivity index (χ0) is 33.7. The van der Waals surface area contributed by atoms with Gasteiger partial charge in [-0.3, -0.25) is 4.79 Å². The number of halogens is 7. The van der Waals surface area contributed by atoms with Crippen LogP contribution in [0.2, 0.25) is 0 Å². The fourth-order valence-electron chi connectivity index (χ4n) is 3.66. The van der Waals surface area contributed by atoms with Gasteiger partial charge in [0.1, 0.15) is 11.9 Å². The SMILES string of the molecule is C.CC[C@H](C)[C@H](NC(=O)c1ccc(-c2ccc(Nc3nc4ncc(C(F)(F)F)cc4s3)c(F)c2)cc1)C(=O)O.O=C(O)C(F)(F)F. The van der Waals surface area contributed by atoms with E-state index < -0.39 is 47.6 Å². The third kappa shape index (κ3) is 9.60. The number of rotatable bonds is 8. The molecule has 0 saturated heterocycles. The van der Waals surface area contributed by atoms with Crippen LogP contribution < -0.4 is 10.6 Å². The molecule has 2 heterocycles. The first-order chi connectivity index (χ1) is 20.9. The number of alkyl halides is 6. The van der Waals surface area contributed by atoms with E-state index in [4.69, 9.17) is 9.90 Å². The Kier molecular flexibility index (Phi) is 12.2. The number of aliphatic carboxylic acids is 2. The highest BCUT2D eigenvalue weighted by Gasteiger charge is 2.38. The number of carbonyl (C=O) groups is 3. The minimum absolute atomic E-state index is 0. The minimum Gasteiger partial charge on any atom is -0.480 e. The Bertz CT molecular complexity index is 1690. The van der Waals surface area contributed by atoms with Gasteiger partial charge in [-0.2, -0.15) is 31.3 Å². The molecule has 9 nitrogen and oxygen atoms in total. The second kappa shape index (κ2) is 15.0. The van der Waals surface area contributed by atoms with Gasteiger partial charge in [0.25, 0.3) is 5.91 Å². The van der Waals surface area contributed by atoms with E-state index in [2.05, 4.69) is 20.6 Å². The molecule has 0 radical (unpaired) electrons. The molecule has 0 saturated carbocycles. The molecule has 4 aromatic rings. The number of hydrogen-bond donors (Lipinski definition) is 4. The highest BCUT2D eigenvalue weighted by Crippen LogP contribution is 2.34. The van der Waals surface area contributed by atoms with E-state index in [0.29, 0.717) is 23.7 Å². The van der Waals surface area contributed by atoms with Gasteiger partial charge in [-0.1, -0.05) is 57.2 Å². The van der Waals surface area contributed by atoms with Crippen LogP contribution in [0.5, 0.6) is 0 Å². The maximum absolute atomic E-state index is 14.9. The van der Waals surface area contributed by atoms with Gasteiger partial charge in [0, 0.05) is 11.8 Å².